The van der Waals surface area contributed by atoms with Gasteiger partial charge in [-0.05, 0) is 55.5 Å². The first kappa shape index (κ1) is 15.6. The number of rotatable bonds is 6. The molecule has 3 nitrogen and oxygen atoms in total. The number of ketones is 1. The zero-order valence-corrected chi connectivity index (χ0v) is 13.2. The lowest BCUT2D eigenvalue weighted by atomic mass is 10.1. The van der Waals surface area contributed by atoms with Gasteiger partial charge in [0.2, 0.25) is 0 Å². The molecule has 100 valence electrons. The van der Waals surface area contributed by atoms with Crippen molar-refractivity contribution in [3.05, 3.63) is 33.4 Å². The summed E-state index contributed by atoms with van der Waals surface area (Å²) >= 11 is 2.21. The molecule has 4 heteroatoms. The smallest absolute Gasteiger partial charge is 0.188 e. The molecule has 18 heavy (non-hydrogen) atoms. The Morgan fingerprint density at radius 3 is 2.33 bits per heavy atom. The van der Waals surface area contributed by atoms with Crippen molar-refractivity contribution in [2.45, 2.75) is 26.4 Å². The third-order valence-electron chi connectivity index (χ3n) is 2.16. The van der Waals surface area contributed by atoms with Crippen LogP contribution in [0.25, 0.3) is 0 Å². The molecule has 0 aliphatic heterocycles. The first-order chi connectivity index (χ1) is 8.38. The van der Waals surface area contributed by atoms with Crippen LogP contribution in [0.2, 0.25) is 0 Å². The highest BCUT2D eigenvalue weighted by Crippen LogP contribution is 2.08. The number of carbonyl (C=O) groups excluding carboxylic acids is 1. The minimum atomic E-state index is -0.163. The molecule has 0 spiro atoms. The quantitative estimate of drug-likeness (QED) is 0.443. The molecule has 0 N–H and O–H groups in total. The van der Waals surface area contributed by atoms with E-state index in [4.69, 9.17) is 9.47 Å². The van der Waals surface area contributed by atoms with Gasteiger partial charge in [0.05, 0.1) is 18.8 Å². The van der Waals surface area contributed by atoms with Crippen molar-refractivity contribution in [2.24, 2.45) is 0 Å². The Morgan fingerprint density at radius 2 is 1.78 bits per heavy atom. The summed E-state index contributed by atoms with van der Waals surface area (Å²) in [5.41, 5.74) is 0.524. The summed E-state index contributed by atoms with van der Waals surface area (Å²) in [5, 5.41) is 0. The molecule has 1 rings (SSSR count). The Balaban J connectivity index is 2.24. The van der Waals surface area contributed by atoms with E-state index in [2.05, 4.69) is 22.6 Å². The van der Waals surface area contributed by atoms with Crippen LogP contribution in [0.3, 0.4) is 0 Å². The van der Waals surface area contributed by atoms with Crippen molar-refractivity contribution in [1.29, 1.82) is 0 Å². The number of Topliss-reactive ketones (excluding diaryl/α,β-unsaturated/α-hetero) is 1. The van der Waals surface area contributed by atoms with E-state index in [0.717, 1.165) is 3.57 Å². The highest BCUT2D eigenvalue weighted by Gasteiger charge is 2.10. The molecule has 0 heterocycles. The molecule has 0 atom stereocenters. The van der Waals surface area contributed by atoms with Gasteiger partial charge in [-0.15, -0.1) is 0 Å². The average molecular weight is 362 g/mol. The average Bonchev–Trinajstić information content (AvgIpc) is 2.27. The number of halogens is 1. The molecule has 0 fully saturated rings. The predicted molar refractivity (Wildman–Crippen MR) is 80.0 cm³/mol. The predicted octanol–water partition coefficient (Wildman–Crippen LogP) is 3.31. The van der Waals surface area contributed by atoms with E-state index in [1.165, 1.54) is 0 Å². The van der Waals surface area contributed by atoms with Gasteiger partial charge < -0.3 is 9.47 Å². The highest BCUT2D eigenvalue weighted by molar-refractivity contribution is 14.1. The molecule has 0 aliphatic rings. The standard InChI is InChI=1S/C14H19IO3/c1-14(2,3)18-9-8-17-10-13(16)11-4-6-12(15)7-5-11/h4-7H,8-10H2,1-3H3. The normalized spacial score (nSPS) is 11.6. The molecule has 0 unspecified atom stereocenters. The van der Waals surface area contributed by atoms with Gasteiger partial charge in [0.15, 0.2) is 5.78 Å². The van der Waals surface area contributed by atoms with E-state index in [1.54, 1.807) is 0 Å². The minimum Gasteiger partial charge on any atom is -0.373 e. The summed E-state index contributed by atoms with van der Waals surface area (Å²) in [6.45, 7) is 7.02. The zero-order valence-electron chi connectivity index (χ0n) is 11.0. The van der Waals surface area contributed by atoms with E-state index < -0.39 is 0 Å². The molecule has 0 radical (unpaired) electrons. The Hall–Kier alpha value is -0.460. The molecule has 0 aliphatic carbocycles. The number of ether oxygens (including phenoxy) is 2. The summed E-state index contributed by atoms with van der Waals surface area (Å²) < 4.78 is 11.9. The van der Waals surface area contributed by atoms with Crippen LogP contribution in [-0.2, 0) is 9.47 Å². The second kappa shape index (κ2) is 7.21. The SMILES string of the molecule is CC(C)(C)OCCOCC(=O)c1ccc(I)cc1. The van der Waals surface area contributed by atoms with Crippen LogP contribution < -0.4 is 0 Å². The van der Waals surface area contributed by atoms with Crippen molar-refractivity contribution >= 4 is 28.4 Å². The maximum atomic E-state index is 11.7. The summed E-state index contributed by atoms with van der Waals surface area (Å²) in [6.07, 6.45) is 0. The van der Waals surface area contributed by atoms with Crippen molar-refractivity contribution < 1.29 is 14.3 Å². The number of hydrogen-bond acceptors (Lipinski definition) is 3. The van der Waals surface area contributed by atoms with Crippen LogP contribution in [0.4, 0.5) is 0 Å². The van der Waals surface area contributed by atoms with Crippen LogP contribution in [0.1, 0.15) is 31.1 Å². The second-order valence-electron chi connectivity index (χ2n) is 4.94. The fourth-order valence-electron chi connectivity index (χ4n) is 1.29. The molecule has 0 saturated carbocycles. The topological polar surface area (TPSA) is 35.5 Å². The van der Waals surface area contributed by atoms with Crippen molar-refractivity contribution in [3.63, 3.8) is 0 Å². The van der Waals surface area contributed by atoms with Gasteiger partial charge >= 0.3 is 0 Å². The van der Waals surface area contributed by atoms with E-state index in [-0.39, 0.29) is 18.0 Å². The molecule has 0 saturated heterocycles. The molecular formula is C14H19IO3. The van der Waals surface area contributed by atoms with Gasteiger partial charge in [-0.1, -0.05) is 12.1 Å². The van der Waals surface area contributed by atoms with E-state index in [0.29, 0.717) is 18.8 Å². The minimum absolute atomic E-state index is 0.00200. The van der Waals surface area contributed by atoms with E-state index >= 15 is 0 Å². The molecule has 0 amide bonds. The first-order valence-electron chi connectivity index (χ1n) is 5.89. The van der Waals surface area contributed by atoms with Crippen LogP contribution in [-0.4, -0.2) is 31.2 Å². The summed E-state index contributed by atoms with van der Waals surface area (Å²) in [5.74, 6) is 0.00200. The monoisotopic (exact) mass is 362 g/mol. The van der Waals surface area contributed by atoms with Gasteiger partial charge in [0.25, 0.3) is 0 Å². The summed E-state index contributed by atoms with van der Waals surface area (Å²) in [7, 11) is 0. The Morgan fingerprint density at radius 1 is 1.17 bits per heavy atom. The fourth-order valence-corrected chi connectivity index (χ4v) is 1.65. The van der Waals surface area contributed by atoms with Crippen LogP contribution >= 0.6 is 22.6 Å². The molecule has 1 aromatic carbocycles. The van der Waals surface area contributed by atoms with E-state index in [9.17, 15) is 4.79 Å². The van der Waals surface area contributed by atoms with Gasteiger partial charge in [-0.25, -0.2) is 0 Å². The maximum absolute atomic E-state index is 11.7. The lowest BCUT2D eigenvalue weighted by molar-refractivity contribution is -0.0324. The third-order valence-corrected chi connectivity index (χ3v) is 2.88. The molecule has 0 bridgehead atoms. The fraction of sp³-hybridized carbons (Fsp3) is 0.500. The van der Waals surface area contributed by atoms with Crippen molar-refractivity contribution in [1.82, 2.24) is 0 Å². The zero-order chi connectivity index (χ0) is 13.6. The van der Waals surface area contributed by atoms with Gasteiger partial charge in [0.1, 0.15) is 6.61 Å². The maximum Gasteiger partial charge on any atom is 0.188 e. The second-order valence-corrected chi connectivity index (χ2v) is 6.19. The first-order valence-corrected chi connectivity index (χ1v) is 6.97. The largest absolute Gasteiger partial charge is 0.373 e. The number of benzene rings is 1. The highest BCUT2D eigenvalue weighted by atomic mass is 127. The van der Waals surface area contributed by atoms with Gasteiger partial charge in [0, 0.05) is 9.13 Å². The van der Waals surface area contributed by atoms with Crippen LogP contribution in [0.15, 0.2) is 24.3 Å². The lowest BCUT2D eigenvalue weighted by Crippen LogP contribution is -2.22. The van der Waals surface area contributed by atoms with Crippen LogP contribution in [0, 0.1) is 3.57 Å². The van der Waals surface area contributed by atoms with Crippen LogP contribution in [0.5, 0.6) is 0 Å². The number of hydrogen-bond donors (Lipinski definition) is 0. The molecule has 1 aromatic rings. The van der Waals surface area contributed by atoms with Gasteiger partial charge in [-0.2, -0.15) is 0 Å². The third kappa shape index (κ3) is 6.47. The lowest BCUT2D eigenvalue weighted by Gasteiger charge is -2.19. The summed E-state index contributed by atoms with van der Waals surface area (Å²) in [4.78, 5) is 11.7. The van der Waals surface area contributed by atoms with Crippen molar-refractivity contribution in [3.8, 4) is 0 Å². The molecule has 0 aromatic heterocycles. The van der Waals surface area contributed by atoms with Gasteiger partial charge in [-0.3, -0.25) is 4.79 Å². The molecular weight excluding hydrogens is 343 g/mol. The Kier molecular flexibility index (Phi) is 6.25. The number of carbonyl (C=O) groups is 1. The van der Waals surface area contributed by atoms with Crippen molar-refractivity contribution in [2.75, 3.05) is 19.8 Å². The Bertz CT molecular complexity index is 379. The van der Waals surface area contributed by atoms with E-state index in [1.807, 2.05) is 45.0 Å². The summed E-state index contributed by atoms with van der Waals surface area (Å²) in [6, 6.07) is 7.46. The Labute approximate surface area is 122 Å².